The average Bonchev–Trinajstić information content (AvgIpc) is 2.52. The van der Waals surface area contributed by atoms with Crippen LogP contribution in [0, 0.1) is 13.8 Å². The van der Waals surface area contributed by atoms with Crippen LogP contribution in [0.4, 0.5) is 8.78 Å². The fourth-order valence-corrected chi connectivity index (χ4v) is 3.34. The molecule has 5 heteroatoms. The maximum absolute atomic E-state index is 11.8. The normalized spacial score (nSPS) is 13.4. The molecule has 1 rings (SSSR count). The number of halogens is 3. The van der Waals surface area contributed by atoms with E-state index in [1.807, 2.05) is 0 Å². The van der Waals surface area contributed by atoms with Crippen LogP contribution in [0.2, 0.25) is 0 Å². The standard InChI is InChI=1S/C11H15BrF2OS/c1-7-5-8(2)16-11(7)9(12)3-4-15-6-10(13)14/h5,9-10H,3-4,6H2,1-2H3. The quantitative estimate of drug-likeness (QED) is 0.556. The molecule has 0 aliphatic carbocycles. The van der Waals surface area contributed by atoms with Gasteiger partial charge < -0.3 is 4.74 Å². The van der Waals surface area contributed by atoms with Crippen LogP contribution < -0.4 is 0 Å². The summed E-state index contributed by atoms with van der Waals surface area (Å²) in [5.41, 5.74) is 1.25. The lowest BCUT2D eigenvalue weighted by atomic mass is 10.2. The molecule has 0 bridgehead atoms. The third kappa shape index (κ3) is 4.47. The van der Waals surface area contributed by atoms with Gasteiger partial charge in [-0.1, -0.05) is 15.9 Å². The van der Waals surface area contributed by atoms with Gasteiger partial charge in [0.1, 0.15) is 6.61 Å². The Balaban J connectivity index is 2.35. The van der Waals surface area contributed by atoms with Crippen molar-refractivity contribution in [3.63, 3.8) is 0 Å². The first kappa shape index (κ1) is 14.1. The highest BCUT2D eigenvalue weighted by molar-refractivity contribution is 9.09. The van der Waals surface area contributed by atoms with Crippen molar-refractivity contribution in [1.29, 1.82) is 0 Å². The van der Waals surface area contributed by atoms with Crippen LogP contribution in [0.3, 0.4) is 0 Å². The summed E-state index contributed by atoms with van der Waals surface area (Å²) in [7, 11) is 0. The molecule has 1 nitrogen and oxygen atoms in total. The zero-order valence-corrected chi connectivity index (χ0v) is 11.7. The van der Waals surface area contributed by atoms with E-state index in [0.29, 0.717) is 13.0 Å². The molecule has 0 N–H and O–H groups in total. The monoisotopic (exact) mass is 312 g/mol. The minimum absolute atomic E-state index is 0.198. The zero-order chi connectivity index (χ0) is 12.1. The molecule has 0 spiro atoms. The molecule has 16 heavy (non-hydrogen) atoms. The number of ether oxygens (including phenoxy) is 1. The topological polar surface area (TPSA) is 9.23 Å². The first-order valence-corrected chi connectivity index (χ1v) is 6.80. The Morgan fingerprint density at radius 2 is 2.12 bits per heavy atom. The Bertz CT molecular complexity index is 328. The van der Waals surface area contributed by atoms with E-state index in [1.54, 1.807) is 11.3 Å². The Kier molecular flexibility index (Phi) is 5.86. The van der Waals surface area contributed by atoms with Gasteiger partial charge in [-0.25, -0.2) is 8.78 Å². The van der Waals surface area contributed by atoms with Crippen LogP contribution in [0.1, 0.15) is 26.6 Å². The summed E-state index contributed by atoms with van der Waals surface area (Å²) in [6, 6.07) is 2.13. The average molecular weight is 313 g/mol. The summed E-state index contributed by atoms with van der Waals surface area (Å²) < 4.78 is 28.5. The van der Waals surface area contributed by atoms with Gasteiger partial charge in [-0.3, -0.25) is 0 Å². The molecule has 0 radical (unpaired) electrons. The van der Waals surface area contributed by atoms with Crippen molar-refractivity contribution in [2.45, 2.75) is 31.5 Å². The molecule has 1 heterocycles. The van der Waals surface area contributed by atoms with Gasteiger partial charge in [-0.15, -0.1) is 11.3 Å². The second kappa shape index (κ2) is 6.67. The van der Waals surface area contributed by atoms with E-state index in [-0.39, 0.29) is 4.83 Å². The second-order valence-corrected chi connectivity index (χ2v) is 6.02. The van der Waals surface area contributed by atoms with Crippen LogP contribution >= 0.6 is 27.3 Å². The Hall–Kier alpha value is -0.0000000000000000555. The van der Waals surface area contributed by atoms with Gasteiger partial charge in [0.15, 0.2) is 0 Å². The first-order valence-electron chi connectivity index (χ1n) is 5.07. The summed E-state index contributed by atoms with van der Waals surface area (Å²) in [4.78, 5) is 2.73. The van der Waals surface area contributed by atoms with Gasteiger partial charge in [-0.2, -0.15) is 0 Å². The molecule has 92 valence electrons. The summed E-state index contributed by atoms with van der Waals surface area (Å²) in [5.74, 6) is 0. The smallest absolute Gasteiger partial charge is 0.261 e. The minimum Gasteiger partial charge on any atom is -0.375 e. The number of thiophene rings is 1. The lowest BCUT2D eigenvalue weighted by Crippen LogP contribution is -2.06. The van der Waals surface area contributed by atoms with E-state index in [9.17, 15) is 8.78 Å². The fraction of sp³-hybridized carbons (Fsp3) is 0.636. The largest absolute Gasteiger partial charge is 0.375 e. The van der Waals surface area contributed by atoms with Gasteiger partial charge in [-0.05, 0) is 31.9 Å². The third-order valence-corrected chi connectivity index (χ3v) is 4.61. The zero-order valence-electron chi connectivity index (χ0n) is 9.30. The third-order valence-electron chi connectivity index (χ3n) is 2.12. The summed E-state index contributed by atoms with van der Waals surface area (Å²) in [5, 5.41) is 0. The van der Waals surface area contributed by atoms with E-state index in [0.717, 1.165) is 0 Å². The predicted molar refractivity (Wildman–Crippen MR) is 66.9 cm³/mol. The highest BCUT2D eigenvalue weighted by Gasteiger charge is 2.13. The Morgan fingerprint density at radius 1 is 1.44 bits per heavy atom. The molecular weight excluding hydrogens is 298 g/mol. The number of aryl methyl sites for hydroxylation is 2. The van der Waals surface area contributed by atoms with Crippen molar-refractivity contribution in [2.75, 3.05) is 13.2 Å². The molecular formula is C11H15BrF2OS. The van der Waals surface area contributed by atoms with E-state index in [2.05, 4.69) is 35.8 Å². The molecule has 1 aromatic heterocycles. The molecule has 0 aromatic carbocycles. The van der Waals surface area contributed by atoms with Crippen molar-refractivity contribution in [3.8, 4) is 0 Å². The van der Waals surface area contributed by atoms with Crippen molar-refractivity contribution < 1.29 is 13.5 Å². The second-order valence-electron chi connectivity index (χ2n) is 3.63. The summed E-state index contributed by atoms with van der Waals surface area (Å²) >= 11 is 5.30. The molecule has 0 saturated heterocycles. The van der Waals surface area contributed by atoms with E-state index in [1.165, 1.54) is 15.3 Å². The van der Waals surface area contributed by atoms with Crippen LogP contribution in [-0.4, -0.2) is 19.6 Å². The molecule has 0 aliphatic heterocycles. The summed E-state index contributed by atoms with van der Waals surface area (Å²) in [6.45, 7) is 4.01. The lowest BCUT2D eigenvalue weighted by molar-refractivity contribution is 0.0168. The molecule has 0 aliphatic rings. The lowest BCUT2D eigenvalue weighted by Gasteiger charge is -2.09. The number of alkyl halides is 3. The Labute approximate surface area is 107 Å². The Morgan fingerprint density at radius 3 is 2.62 bits per heavy atom. The van der Waals surface area contributed by atoms with Crippen LogP contribution in [-0.2, 0) is 4.74 Å². The van der Waals surface area contributed by atoms with Crippen LogP contribution in [0.25, 0.3) is 0 Å². The van der Waals surface area contributed by atoms with Gasteiger partial charge >= 0.3 is 0 Å². The SMILES string of the molecule is Cc1cc(C)c(C(Br)CCOCC(F)F)s1. The number of hydrogen-bond acceptors (Lipinski definition) is 2. The first-order chi connectivity index (χ1) is 7.50. The predicted octanol–water partition coefficient (Wildman–Crippen LogP) is 4.47. The van der Waals surface area contributed by atoms with Gasteiger partial charge in [0, 0.05) is 16.4 Å². The van der Waals surface area contributed by atoms with Crippen LogP contribution in [0.15, 0.2) is 6.07 Å². The van der Waals surface area contributed by atoms with Gasteiger partial charge in [0.2, 0.25) is 0 Å². The molecule has 0 saturated carbocycles. The van der Waals surface area contributed by atoms with E-state index in [4.69, 9.17) is 4.74 Å². The molecule has 0 fully saturated rings. The van der Waals surface area contributed by atoms with Crippen LogP contribution in [0.5, 0.6) is 0 Å². The van der Waals surface area contributed by atoms with E-state index >= 15 is 0 Å². The highest BCUT2D eigenvalue weighted by atomic mass is 79.9. The van der Waals surface area contributed by atoms with Crippen molar-refractivity contribution in [1.82, 2.24) is 0 Å². The molecule has 1 unspecified atom stereocenters. The van der Waals surface area contributed by atoms with E-state index < -0.39 is 13.0 Å². The van der Waals surface area contributed by atoms with Crippen molar-refractivity contribution in [2.24, 2.45) is 0 Å². The fourth-order valence-electron chi connectivity index (χ4n) is 1.46. The van der Waals surface area contributed by atoms with Gasteiger partial charge in [0.25, 0.3) is 6.43 Å². The van der Waals surface area contributed by atoms with Gasteiger partial charge in [0.05, 0.1) is 4.83 Å². The molecule has 1 aromatic rings. The maximum atomic E-state index is 11.8. The number of rotatable bonds is 6. The van der Waals surface area contributed by atoms with Crippen molar-refractivity contribution in [3.05, 3.63) is 21.4 Å². The van der Waals surface area contributed by atoms with Crippen molar-refractivity contribution >= 4 is 27.3 Å². The maximum Gasteiger partial charge on any atom is 0.261 e. The number of hydrogen-bond donors (Lipinski definition) is 0. The minimum atomic E-state index is -2.38. The summed E-state index contributed by atoms with van der Waals surface area (Å²) in [6.07, 6.45) is -1.66. The highest BCUT2D eigenvalue weighted by Crippen LogP contribution is 2.35. The molecule has 0 amide bonds. The molecule has 1 atom stereocenters.